The predicted octanol–water partition coefficient (Wildman–Crippen LogP) is 3.36. The number of hydrogen-bond donors (Lipinski definition) is 0. The van der Waals surface area contributed by atoms with Crippen molar-refractivity contribution in [2.75, 3.05) is 0 Å². The third kappa shape index (κ3) is 15.8. The average molecular weight is 341 g/mol. The maximum atomic E-state index is 10.8. The molecule has 0 rings (SSSR count). The van der Waals surface area contributed by atoms with Gasteiger partial charge in [-0.25, -0.2) is 0 Å². The number of rotatable bonds is 18. The molecule has 0 saturated heterocycles. The molecular weight excluding hydrogens is 304 g/mol. The maximum absolute atomic E-state index is 10.8. The quantitative estimate of drug-likeness (QED) is 0.358. The normalized spacial score (nSPS) is 12.2. The van der Waals surface area contributed by atoms with Crippen LogP contribution >= 0.6 is 0 Å². The van der Waals surface area contributed by atoms with E-state index in [4.69, 9.17) is 0 Å². The van der Waals surface area contributed by atoms with E-state index in [0.717, 1.165) is 19.3 Å². The molecule has 0 N–H and O–H groups in total. The van der Waals surface area contributed by atoms with Crippen molar-refractivity contribution >= 4 is 11.9 Å². The molecule has 1 atom stereocenters. The van der Waals surface area contributed by atoms with Crippen LogP contribution in [0.5, 0.6) is 0 Å². The van der Waals surface area contributed by atoms with E-state index in [1.54, 1.807) is 0 Å². The van der Waals surface area contributed by atoms with Gasteiger partial charge in [-0.1, -0.05) is 96.8 Å². The van der Waals surface area contributed by atoms with Crippen molar-refractivity contribution in [2.24, 2.45) is 5.92 Å². The smallest absolute Gasteiger partial charge is 0.0449 e. The number of carboxylic acid groups (broad SMARTS) is 2. The van der Waals surface area contributed by atoms with Gasteiger partial charge in [-0.05, 0) is 12.8 Å². The van der Waals surface area contributed by atoms with Crippen LogP contribution in [0.3, 0.4) is 0 Å². The van der Waals surface area contributed by atoms with E-state index < -0.39 is 24.3 Å². The molecule has 0 amide bonds. The Morgan fingerprint density at radius 1 is 0.667 bits per heavy atom. The molecule has 24 heavy (non-hydrogen) atoms. The zero-order valence-electron chi connectivity index (χ0n) is 15.5. The summed E-state index contributed by atoms with van der Waals surface area (Å²) in [5.41, 5.74) is 0. The molecule has 0 heterocycles. The Morgan fingerprint density at radius 3 is 1.38 bits per heavy atom. The molecule has 4 heteroatoms. The van der Waals surface area contributed by atoms with Crippen molar-refractivity contribution < 1.29 is 19.8 Å². The number of unbranched alkanes of at least 4 members (excludes halogenated alkanes) is 13. The van der Waals surface area contributed by atoms with Gasteiger partial charge in [0.05, 0.1) is 0 Å². The van der Waals surface area contributed by atoms with E-state index in [0.29, 0.717) is 6.42 Å². The molecule has 0 aliphatic rings. The van der Waals surface area contributed by atoms with Gasteiger partial charge in [0.15, 0.2) is 0 Å². The first-order valence-electron chi connectivity index (χ1n) is 9.98. The van der Waals surface area contributed by atoms with Crippen molar-refractivity contribution in [2.45, 2.75) is 110 Å². The van der Waals surface area contributed by atoms with Crippen LogP contribution < -0.4 is 10.2 Å². The zero-order chi connectivity index (χ0) is 18.0. The van der Waals surface area contributed by atoms with Crippen LogP contribution in [0, 0.1) is 5.92 Å². The minimum absolute atomic E-state index is 0.383. The number of hydrogen-bond acceptors (Lipinski definition) is 4. The first-order chi connectivity index (χ1) is 11.6. The summed E-state index contributed by atoms with van der Waals surface area (Å²) in [4.78, 5) is 21.3. The van der Waals surface area contributed by atoms with Crippen LogP contribution in [-0.4, -0.2) is 11.9 Å². The van der Waals surface area contributed by atoms with Crippen LogP contribution in [-0.2, 0) is 9.59 Å². The molecule has 142 valence electrons. The summed E-state index contributed by atoms with van der Waals surface area (Å²) in [7, 11) is 0. The van der Waals surface area contributed by atoms with Crippen molar-refractivity contribution in [3.05, 3.63) is 0 Å². The van der Waals surface area contributed by atoms with E-state index in [-0.39, 0.29) is 0 Å². The zero-order valence-corrected chi connectivity index (χ0v) is 15.5. The second-order valence-electron chi connectivity index (χ2n) is 6.98. The Hall–Kier alpha value is -1.06. The summed E-state index contributed by atoms with van der Waals surface area (Å²) in [6.45, 7) is 2.25. The van der Waals surface area contributed by atoms with Gasteiger partial charge in [-0.3, -0.25) is 0 Å². The summed E-state index contributed by atoms with van der Waals surface area (Å²) in [5, 5.41) is 21.3. The lowest BCUT2D eigenvalue weighted by Gasteiger charge is -2.18. The second-order valence-corrected chi connectivity index (χ2v) is 6.98. The van der Waals surface area contributed by atoms with E-state index in [1.807, 2.05) is 0 Å². The molecule has 0 spiro atoms. The van der Waals surface area contributed by atoms with E-state index in [1.165, 1.54) is 70.6 Å². The van der Waals surface area contributed by atoms with Crippen LogP contribution in [0.2, 0.25) is 0 Å². The monoisotopic (exact) mass is 340 g/mol. The lowest BCUT2D eigenvalue weighted by atomic mass is 9.97. The van der Waals surface area contributed by atoms with Crippen LogP contribution in [0.15, 0.2) is 0 Å². The summed E-state index contributed by atoms with van der Waals surface area (Å²) in [6.07, 6.45) is 17.4. The van der Waals surface area contributed by atoms with Crippen LogP contribution in [0.25, 0.3) is 0 Å². The Kier molecular flexibility index (Phi) is 16.0. The fourth-order valence-electron chi connectivity index (χ4n) is 3.09. The maximum Gasteiger partial charge on any atom is 0.0449 e. The number of carbonyl (C=O) groups excluding carboxylic acids is 2. The summed E-state index contributed by atoms with van der Waals surface area (Å²) in [6, 6.07) is 0. The first-order valence-corrected chi connectivity index (χ1v) is 9.98. The third-order valence-electron chi connectivity index (χ3n) is 4.65. The van der Waals surface area contributed by atoms with Gasteiger partial charge in [0.2, 0.25) is 0 Å². The molecule has 0 radical (unpaired) electrons. The summed E-state index contributed by atoms with van der Waals surface area (Å²) < 4.78 is 0. The van der Waals surface area contributed by atoms with Gasteiger partial charge in [-0.15, -0.1) is 0 Å². The molecular formula is C20H36O4-2. The van der Waals surface area contributed by atoms with Gasteiger partial charge in [0, 0.05) is 17.9 Å². The molecule has 0 aliphatic carbocycles. The molecule has 4 nitrogen and oxygen atoms in total. The molecule has 0 aromatic rings. The minimum atomic E-state index is -1.31. The van der Waals surface area contributed by atoms with Crippen molar-refractivity contribution in [1.82, 2.24) is 0 Å². The van der Waals surface area contributed by atoms with Gasteiger partial charge >= 0.3 is 0 Å². The van der Waals surface area contributed by atoms with Gasteiger partial charge in [-0.2, -0.15) is 0 Å². The van der Waals surface area contributed by atoms with Crippen molar-refractivity contribution in [1.29, 1.82) is 0 Å². The van der Waals surface area contributed by atoms with Crippen molar-refractivity contribution in [3.8, 4) is 0 Å². The third-order valence-corrected chi connectivity index (χ3v) is 4.65. The van der Waals surface area contributed by atoms with E-state index in [9.17, 15) is 19.8 Å². The fraction of sp³-hybridized carbons (Fsp3) is 0.900. The molecule has 0 saturated carbocycles. The van der Waals surface area contributed by atoms with Crippen molar-refractivity contribution in [3.63, 3.8) is 0 Å². The van der Waals surface area contributed by atoms with Gasteiger partial charge in [0.25, 0.3) is 0 Å². The Labute approximate surface area is 148 Å². The Morgan fingerprint density at radius 2 is 1.04 bits per heavy atom. The topological polar surface area (TPSA) is 80.3 Å². The first kappa shape index (κ1) is 22.9. The standard InChI is InChI=1S/C20H38O4/c1-2-3-4-5-6-7-8-9-10-11-12-13-14-15-16-18(20(23)24)17-19(21)22/h18H,2-17H2,1H3,(H,21,22)(H,23,24)/p-2. The highest BCUT2D eigenvalue weighted by Crippen LogP contribution is 2.16. The molecule has 0 fully saturated rings. The minimum Gasteiger partial charge on any atom is -0.550 e. The average Bonchev–Trinajstić information content (AvgIpc) is 2.53. The van der Waals surface area contributed by atoms with Gasteiger partial charge in [0.1, 0.15) is 0 Å². The molecule has 0 aromatic heterocycles. The summed E-state index contributed by atoms with van der Waals surface area (Å²) in [5.74, 6) is -3.48. The summed E-state index contributed by atoms with van der Waals surface area (Å²) >= 11 is 0. The lowest BCUT2D eigenvalue weighted by Crippen LogP contribution is -2.36. The Bertz CT molecular complexity index is 315. The van der Waals surface area contributed by atoms with Crippen LogP contribution in [0.4, 0.5) is 0 Å². The fourth-order valence-corrected chi connectivity index (χ4v) is 3.09. The lowest BCUT2D eigenvalue weighted by molar-refractivity contribution is -0.321. The van der Waals surface area contributed by atoms with Crippen LogP contribution in [0.1, 0.15) is 110 Å². The molecule has 0 bridgehead atoms. The number of carbonyl (C=O) groups is 2. The highest BCUT2D eigenvalue weighted by molar-refractivity contribution is 5.75. The molecule has 0 aromatic carbocycles. The second kappa shape index (κ2) is 16.8. The molecule has 0 aliphatic heterocycles. The Balaban J connectivity index is 3.30. The highest BCUT2D eigenvalue weighted by Gasteiger charge is 2.09. The predicted molar refractivity (Wildman–Crippen MR) is 93.1 cm³/mol. The van der Waals surface area contributed by atoms with E-state index >= 15 is 0 Å². The van der Waals surface area contributed by atoms with Gasteiger partial charge < -0.3 is 19.8 Å². The van der Waals surface area contributed by atoms with E-state index in [2.05, 4.69) is 6.92 Å². The number of carboxylic acids is 2. The molecule has 1 unspecified atom stereocenters. The SMILES string of the molecule is CCCCCCCCCCCCCCCCC(CC(=O)[O-])C(=O)[O-]. The highest BCUT2D eigenvalue weighted by atomic mass is 16.4. The largest absolute Gasteiger partial charge is 0.550 e. The number of aliphatic carboxylic acids is 2.